The summed E-state index contributed by atoms with van der Waals surface area (Å²) >= 11 is 0. The van der Waals surface area contributed by atoms with E-state index >= 15 is 0 Å². The Balaban J connectivity index is 1.77. The molecule has 3 fully saturated rings. The fourth-order valence-corrected chi connectivity index (χ4v) is 7.68. The molecule has 0 aromatic carbocycles. The van der Waals surface area contributed by atoms with E-state index in [4.69, 9.17) is 18.9 Å². The van der Waals surface area contributed by atoms with Gasteiger partial charge in [-0.2, -0.15) is 0 Å². The SMILES string of the molecule is CC(=O)OC1OC(OC(C)=O)(OC(C)=O)C2CCC3C4(C)CC=C(C)CC4CCC3(C)C12. The van der Waals surface area contributed by atoms with Gasteiger partial charge in [0, 0.05) is 26.7 Å². The maximum Gasteiger partial charge on any atom is 0.382 e. The maximum absolute atomic E-state index is 12.0. The van der Waals surface area contributed by atoms with Crippen molar-refractivity contribution >= 4 is 17.9 Å². The minimum absolute atomic E-state index is 0.145. The van der Waals surface area contributed by atoms with Crippen molar-refractivity contribution in [1.29, 1.82) is 0 Å². The Morgan fingerprint density at radius 3 is 2.22 bits per heavy atom. The fraction of sp³-hybridized carbons (Fsp3) is 0.800. The fourth-order valence-electron chi connectivity index (χ4n) is 7.68. The van der Waals surface area contributed by atoms with Crippen LogP contribution >= 0.6 is 0 Å². The highest BCUT2D eigenvalue weighted by Crippen LogP contribution is 2.69. The Morgan fingerprint density at radius 2 is 1.62 bits per heavy atom. The van der Waals surface area contributed by atoms with E-state index < -0.39 is 36.1 Å². The van der Waals surface area contributed by atoms with Gasteiger partial charge in [-0.05, 0) is 68.1 Å². The third kappa shape index (κ3) is 3.57. The van der Waals surface area contributed by atoms with E-state index in [1.807, 2.05) is 0 Å². The molecule has 0 spiro atoms. The Bertz CT molecular complexity index is 831. The lowest BCUT2D eigenvalue weighted by atomic mass is 9.42. The van der Waals surface area contributed by atoms with Crippen molar-refractivity contribution in [3.63, 3.8) is 0 Å². The van der Waals surface area contributed by atoms with E-state index in [1.54, 1.807) is 0 Å². The summed E-state index contributed by atoms with van der Waals surface area (Å²) in [6.07, 6.45) is 7.23. The van der Waals surface area contributed by atoms with Crippen LogP contribution in [0.2, 0.25) is 0 Å². The smallest absolute Gasteiger partial charge is 0.382 e. The Hall–Kier alpha value is -1.89. The topological polar surface area (TPSA) is 88.1 Å². The number of esters is 3. The molecule has 1 saturated heterocycles. The number of rotatable bonds is 3. The number of carbonyl (C=O) groups is 3. The number of hydrogen-bond donors (Lipinski definition) is 0. The van der Waals surface area contributed by atoms with Gasteiger partial charge in [-0.3, -0.25) is 19.1 Å². The van der Waals surface area contributed by atoms with Gasteiger partial charge in [-0.25, -0.2) is 0 Å². The molecular formula is C25H36O7. The zero-order valence-electron chi connectivity index (χ0n) is 20.1. The van der Waals surface area contributed by atoms with Crippen molar-refractivity contribution in [1.82, 2.24) is 0 Å². The lowest BCUT2D eigenvalue weighted by molar-refractivity contribution is -0.367. The zero-order valence-corrected chi connectivity index (χ0v) is 20.1. The van der Waals surface area contributed by atoms with Crippen LogP contribution in [0.3, 0.4) is 0 Å². The Kier molecular flexibility index (Phi) is 5.71. The molecule has 7 atom stereocenters. The quantitative estimate of drug-likeness (QED) is 0.357. The molecule has 0 aromatic heterocycles. The zero-order chi connectivity index (χ0) is 23.5. The molecule has 0 amide bonds. The van der Waals surface area contributed by atoms with Crippen LogP contribution in [0.1, 0.15) is 80.1 Å². The average Bonchev–Trinajstić information content (AvgIpc) is 2.94. The van der Waals surface area contributed by atoms with Crippen LogP contribution in [0, 0.1) is 34.5 Å². The van der Waals surface area contributed by atoms with Gasteiger partial charge >= 0.3 is 23.9 Å². The molecule has 0 radical (unpaired) electrons. The molecule has 0 bridgehead atoms. The first-order chi connectivity index (χ1) is 14.9. The molecule has 0 aromatic rings. The van der Waals surface area contributed by atoms with E-state index in [9.17, 15) is 14.4 Å². The van der Waals surface area contributed by atoms with Crippen LogP contribution in [0.25, 0.3) is 0 Å². The van der Waals surface area contributed by atoms with Crippen LogP contribution in [-0.2, 0) is 33.3 Å². The largest absolute Gasteiger partial charge is 0.435 e. The second-order valence-electron chi connectivity index (χ2n) is 10.9. The van der Waals surface area contributed by atoms with Crippen LogP contribution in [-0.4, -0.2) is 30.2 Å². The van der Waals surface area contributed by atoms with Crippen molar-refractivity contribution in [2.75, 3.05) is 0 Å². The van der Waals surface area contributed by atoms with Gasteiger partial charge in [0.15, 0.2) is 0 Å². The van der Waals surface area contributed by atoms with Gasteiger partial charge in [0.05, 0.1) is 5.92 Å². The first-order valence-corrected chi connectivity index (χ1v) is 11.8. The molecule has 3 aliphatic carbocycles. The summed E-state index contributed by atoms with van der Waals surface area (Å²) in [5.74, 6) is -3.17. The lowest BCUT2D eigenvalue weighted by Gasteiger charge is -2.62. The molecule has 7 unspecified atom stereocenters. The van der Waals surface area contributed by atoms with Gasteiger partial charge in [0.25, 0.3) is 0 Å². The van der Waals surface area contributed by atoms with Gasteiger partial charge in [0.2, 0.25) is 6.29 Å². The molecule has 4 rings (SSSR count). The second-order valence-corrected chi connectivity index (χ2v) is 10.9. The van der Waals surface area contributed by atoms with E-state index in [2.05, 4.69) is 26.8 Å². The van der Waals surface area contributed by atoms with Crippen LogP contribution in [0.15, 0.2) is 11.6 Å². The third-order valence-corrected chi connectivity index (χ3v) is 8.86. The van der Waals surface area contributed by atoms with Crippen LogP contribution in [0.5, 0.6) is 0 Å². The summed E-state index contributed by atoms with van der Waals surface area (Å²) in [6, 6.07) is 0. The summed E-state index contributed by atoms with van der Waals surface area (Å²) < 4.78 is 22.8. The van der Waals surface area contributed by atoms with Crippen LogP contribution in [0.4, 0.5) is 0 Å². The minimum atomic E-state index is -1.86. The first-order valence-electron chi connectivity index (χ1n) is 11.8. The molecule has 4 aliphatic rings. The summed E-state index contributed by atoms with van der Waals surface area (Å²) in [6.45, 7) is 10.8. The predicted octanol–water partition coefficient (Wildman–Crippen LogP) is 4.49. The van der Waals surface area contributed by atoms with Crippen molar-refractivity contribution in [3.8, 4) is 0 Å². The molecule has 178 valence electrons. The van der Waals surface area contributed by atoms with E-state index in [1.165, 1.54) is 26.3 Å². The average molecular weight is 449 g/mol. The number of hydrogen-bond acceptors (Lipinski definition) is 7. The van der Waals surface area contributed by atoms with Crippen molar-refractivity contribution in [2.45, 2.75) is 92.3 Å². The van der Waals surface area contributed by atoms with Gasteiger partial charge in [-0.15, -0.1) is 0 Å². The highest BCUT2D eigenvalue weighted by atomic mass is 16.9. The highest BCUT2D eigenvalue weighted by Gasteiger charge is 2.71. The highest BCUT2D eigenvalue weighted by molar-refractivity contribution is 5.69. The molecular weight excluding hydrogens is 412 g/mol. The lowest BCUT2D eigenvalue weighted by Crippen LogP contribution is -2.59. The van der Waals surface area contributed by atoms with Gasteiger partial charge in [0.1, 0.15) is 0 Å². The number of carbonyl (C=O) groups excluding carboxylic acids is 3. The summed E-state index contributed by atoms with van der Waals surface area (Å²) in [5.41, 5.74) is 1.40. The third-order valence-electron chi connectivity index (χ3n) is 8.86. The van der Waals surface area contributed by atoms with E-state index in [-0.39, 0.29) is 16.7 Å². The van der Waals surface area contributed by atoms with Gasteiger partial charge in [-0.1, -0.05) is 25.5 Å². The normalized spacial score (nSPS) is 41.9. The Labute approximate surface area is 190 Å². The molecule has 1 aliphatic heterocycles. The number of allylic oxidation sites excluding steroid dienone is 2. The molecule has 1 heterocycles. The van der Waals surface area contributed by atoms with E-state index in [0.717, 1.165) is 32.1 Å². The molecule has 7 nitrogen and oxygen atoms in total. The monoisotopic (exact) mass is 448 g/mol. The van der Waals surface area contributed by atoms with Crippen LogP contribution < -0.4 is 0 Å². The van der Waals surface area contributed by atoms with Crippen molar-refractivity contribution in [3.05, 3.63) is 11.6 Å². The summed E-state index contributed by atoms with van der Waals surface area (Å²) in [7, 11) is 0. The summed E-state index contributed by atoms with van der Waals surface area (Å²) in [5, 5.41) is 0. The first kappa shape index (κ1) is 23.3. The summed E-state index contributed by atoms with van der Waals surface area (Å²) in [4.78, 5) is 36.0. The standard InChI is InChI=1S/C25H36O7/c1-14-9-11-23(5)18(13-14)10-12-24(6)20(23)8-7-19-21(24)22(29-15(2)26)32-25(19,30-16(3)27)31-17(4)28/h9,18-22H,7-8,10-13H2,1-6H3. The van der Waals surface area contributed by atoms with Crippen molar-refractivity contribution in [2.24, 2.45) is 34.5 Å². The minimum Gasteiger partial charge on any atom is -0.435 e. The Morgan fingerprint density at radius 1 is 0.969 bits per heavy atom. The molecule has 7 heteroatoms. The second kappa shape index (κ2) is 7.86. The predicted molar refractivity (Wildman–Crippen MR) is 115 cm³/mol. The van der Waals surface area contributed by atoms with Gasteiger partial charge < -0.3 is 14.2 Å². The maximum atomic E-state index is 12.0. The number of ether oxygens (including phenoxy) is 4. The molecule has 32 heavy (non-hydrogen) atoms. The molecule has 0 N–H and O–H groups in total. The van der Waals surface area contributed by atoms with Crippen molar-refractivity contribution < 1.29 is 33.3 Å². The van der Waals surface area contributed by atoms with E-state index in [0.29, 0.717) is 18.3 Å². The molecule has 2 saturated carbocycles. The number of fused-ring (bicyclic) bond motifs is 5.